The van der Waals surface area contributed by atoms with Gasteiger partial charge in [-0.3, -0.25) is 4.79 Å². The van der Waals surface area contributed by atoms with Crippen LogP contribution in [-0.2, 0) is 14.8 Å². The van der Waals surface area contributed by atoms with Gasteiger partial charge < -0.3 is 5.32 Å². The smallest absolute Gasteiger partial charge is 0.243 e. The largest absolute Gasteiger partial charge is 0.301 e. The third kappa shape index (κ3) is 4.76. The van der Waals surface area contributed by atoms with E-state index in [4.69, 9.17) is 0 Å². The van der Waals surface area contributed by atoms with Gasteiger partial charge in [0.15, 0.2) is 5.13 Å². The number of hydrogen-bond donors (Lipinski definition) is 1. The fourth-order valence-electron chi connectivity index (χ4n) is 2.86. The van der Waals surface area contributed by atoms with Crippen LogP contribution in [0.4, 0.5) is 5.13 Å². The van der Waals surface area contributed by atoms with Crippen LogP contribution in [0, 0.1) is 12.8 Å². The number of benzene rings is 2. The molecule has 0 spiro atoms. The second kappa shape index (κ2) is 8.38. The molecule has 1 heterocycles. The molecular formula is C20H23N3O3S2. The van der Waals surface area contributed by atoms with Crippen LogP contribution in [0.15, 0.2) is 53.6 Å². The number of carbonyl (C=O) groups excluding carboxylic acids is 1. The number of rotatable bonds is 7. The number of fused-ring (bicyclic) bond motifs is 1. The molecule has 0 unspecified atom stereocenters. The van der Waals surface area contributed by atoms with E-state index in [1.807, 2.05) is 45.0 Å². The van der Waals surface area contributed by atoms with Gasteiger partial charge in [0.25, 0.3) is 0 Å². The quantitative estimate of drug-likeness (QED) is 0.632. The van der Waals surface area contributed by atoms with Crippen molar-refractivity contribution in [3.63, 3.8) is 0 Å². The number of hydrogen-bond acceptors (Lipinski definition) is 5. The molecule has 0 bridgehead atoms. The average molecular weight is 418 g/mol. The molecule has 3 aromatic rings. The van der Waals surface area contributed by atoms with Crippen molar-refractivity contribution in [2.75, 3.05) is 18.4 Å². The molecule has 0 saturated carbocycles. The molecule has 2 aromatic carbocycles. The van der Waals surface area contributed by atoms with Crippen molar-refractivity contribution in [3.8, 4) is 0 Å². The summed E-state index contributed by atoms with van der Waals surface area (Å²) in [6.45, 7) is 5.73. The number of aryl methyl sites for hydroxylation is 1. The lowest BCUT2D eigenvalue weighted by Crippen LogP contribution is -2.40. The number of nitrogens with zero attached hydrogens (tertiary/aromatic N) is 2. The van der Waals surface area contributed by atoms with E-state index >= 15 is 0 Å². The van der Waals surface area contributed by atoms with Gasteiger partial charge >= 0.3 is 0 Å². The van der Waals surface area contributed by atoms with Gasteiger partial charge in [-0.05, 0) is 35.7 Å². The molecule has 0 saturated heterocycles. The lowest BCUT2D eigenvalue weighted by atomic mass is 10.1. The predicted octanol–water partition coefficient (Wildman–Crippen LogP) is 3.89. The Balaban J connectivity index is 1.86. The first-order valence-electron chi connectivity index (χ1n) is 8.97. The zero-order chi connectivity index (χ0) is 20.3. The standard InChI is InChI=1S/C20H23N3O3S2/c1-14(2)12-23(13-19(24)22-20-21-11-15(3)27-20)28(25,26)18-9-8-16-6-4-5-7-17(16)10-18/h4-11,14H,12-13H2,1-3H3,(H,21,22,24). The Morgan fingerprint density at radius 2 is 1.89 bits per heavy atom. The Hall–Kier alpha value is -2.29. The van der Waals surface area contributed by atoms with Gasteiger partial charge in [0, 0.05) is 17.6 Å². The Morgan fingerprint density at radius 1 is 1.18 bits per heavy atom. The molecular weight excluding hydrogens is 394 g/mol. The molecule has 8 heteroatoms. The molecule has 1 amide bonds. The maximum absolute atomic E-state index is 13.2. The van der Waals surface area contributed by atoms with E-state index in [0.29, 0.717) is 5.13 Å². The third-order valence-corrected chi connectivity index (χ3v) is 6.75. The number of nitrogens with one attached hydrogen (secondary N) is 1. The van der Waals surface area contributed by atoms with Gasteiger partial charge in [0.2, 0.25) is 15.9 Å². The zero-order valence-electron chi connectivity index (χ0n) is 16.0. The molecule has 28 heavy (non-hydrogen) atoms. The number of sulfonamides is 1. The molecule has 1 N–H and O–H groups in total. The summed E-state index contributed by atoms with van der Waals surface area (Å²) in [5.41, 5.74) is 0. The van der Waals surface area contributed by atoms with E-state index in [0.717, 1.165) is 15.6 Å². The molecule has 3 rings (SSSR count). The monoisotopic (exact) mass is 417 g/mol. The normalized spacial score (nSPS) is 12.0. The highest BCUT2D eigenvalue weighted by atomic mass is 32.2. The summed E-state index contributed by atoms with van der Waals surface area (Å²) in [6.07, 6.45) is 1.66. The van der Waals surface area contributed by atoms with Gasteiger partial charge in [-0.1, -0.05) is 44.2 Å². The Kier molecular flexibility index (Phi) is 6.12. The van der Waals surface area contributed by atoms with Crippen LogP contribution in [0.5, 0.6) is 0 Å². The van der Waals surface area contributed by atoms with Crippen LogP contribution in [-0.4, -0.2) is 36.7 Å². The molecule has 0 fully saturated rings. The SMILES string of the molecule is Cc1cnc(NC(=O)CN(CC(C)C)S(=O)(=O)c2ccc3ccccc3c2)s1. The molecule has 6 nitrogen and oxygen atoms in total. The van der Waals surface area contributed by atoms with Crippen molar-refractivity contribution in [3.05, 3.63) is 53.5 Å². The van der Waals surface area contributed by atoms with Crippen molar-refractivity contribution in [1.29, 1.82) is 0 Å². The molecule has 0 atom stereocenters. The highest BCUT2D eigenvalue weighted by Gasteiger charge is 2.27. The first-order valence-corrected chi connectivity index (χ1v) is 11.2. The van der Waals surface area contributed by atoms with E-state index in [1.165, 1.54) is 15.6 Å². The van der Waals surface area contributed by atoms with Crippen LogP contribution in [0.3, 0.4) is 0 Å². The minimum atomic E-state index is -3.81. The van der Waals surface area contributed by atoms with Crippen molar-refractivity contribution >= 4 is 43.2 Å². The minimum absolute atomic E-state index is 0.0742. The number of aromatic nitrogens is 1. The topological polar surface area (TPSA) is 79.4 Å². The second-order valence-electron chi connectivity index (χ2n) is 7.02. The summed E-state index contributed by atoms with van der Waals surface area (Å²) in [4.78, 5) is 17.7. The van der Waals surface area contributed by atoms with E-state index in [-0.39, 0.29) is 23.9 Å². The first-order chi connectivity index (χ1) is 13.3. The number of amides is 1. The Labute approximate surface area is 169 Å². The number of anilines is 1. The average Bonchev–Trinajstić information content (AvgIpc) is 3.05. The summed E-state index contributed by atoms with van der Waals surface area (Å²) in [5.74, 6) is -0.329. The number of thiazole rings is 1. The Bertz CT molecular complexity index is 1090. The summed E-state index contributed by atoms with van der Waals surface area (Å²) in [6, 6.07) is 12.6. The van der Waals surface area contributed by atoms with Crippen molar-refractivity contribution in [1.82, 2.24) is 9.29 Å². The van der Waals surface area contributed by atoms with Crippen LogP contribution >= 0.6 is 11.3 Å². The van der Waals surface area contributed by atoms with Crippen molar-refractivity contribution in [2.24, 2.45) is 5.92 Å². The highest BCUT2D eigenvalue weighted by molar-refractivity contribution is 7.89. The summed E-state index contributed by atoms with van der Waals surface area (Å²) in [5, 5.41) is 4.96. The lowest BCUT2D eigenvalue weighted by Gasteiger charge is -2.23. The second-order valence-corrected chi connectivity index (χ2v) is 10.2. The van der Waals surface area contributed by atoms with E-state index in [1.54, 1.807) is 24.4 Å². The minimum Gasteiger partial charge on any atom is -0.301 e. The van der Waals surface area contributed by atoms with E-state index in [2.05, 4.69) is 10.3 Å². The summed E-state index contributed by atoms with van der Waals surface area (Å²) in [7, 11) is -3.81. The highest BCUT2D eigenvalue weighted by Crippen LogP contribution is 2.23. The van der Waals surface area contributed by atoms with Gasteiger partial charge in [-0.2, -0.15) is 4.31 Å². The maximum atomic E-state index is 13.2. The van der Waals surface area contributed by atoms with Gasteiger partial charge in [0.1, 0.15) is 0 Å². The molecule has 0 radical (unpaired) electrons. The van der Waals surface area contributed by atoms with Crippen molar-refractivity contribution < 1.29 is 13.2 Å². The van der Waals surface area contributed by atoms with E-state index < -0.39 is 15.9 Å². The van der Waals surface area contributed by atoms with Crippen LogP contribution in [0.2, 0.25) is 0 Å². The predicted molar refractivity (Wildman–Crippen MR) is 113 cm³/mol. The molecule has 148 valence electrons. The van der Waals surface area contributed by atoms with Crippen LogP contribution in [0.25, 0.3) is 10.8 Å². The summed E-state index contributed by atoms with van der Waals surface area (Å²) < 4.78 is 27.7. The Morgan fingerprint density at radius 3 is 2.54 bits per heavy atom. The fraction of sp³-hybridized carbons (Fsp3) is 0.300. The van der Waals surface area contributed by atoms with Crippen LogP contribution in [0.1, 0.15) is 18.7 Å². The van der Waals surface area contributed by atoms with Gasteiger partial charge in [-0.15, -0.1) is 11.3 Å². The molecule has 1 aromatic heterocycles. The molecule has 0 aliphatic rings. The zero-order valence-corrected chi connectivity index (χ0v) is 17.7. The van der Waals surface area contributed by atoms with E-state index in [9.17, 15) is 13.2 Å². The maximum Gasteiger partial charge on any atom is 0.243 e. The molecule has 0 aliphatic carbocycles. The fourth-order valence-corrected chi connectivity index (χ4v) is 5.14. The summed E-state index contributed by atoms with van der Waals surface area (Å²) >= 11 is 1.35. The third-order valence-electron chi connectivity index (χ3n) is 4.12. The van der Waals surface area contributed by atoms with Gasteiger partial charge in [0.05, 0.1) is 11.4 Å². The lowest BCUT2D eigenvalue weighted by molar-refractivity contribution is -0.116. The number of carbonyl (C=O) groups is 1. The first kappa shape index (κ1) is 20.4. The van der Waals surface area contributed by atoms with Gasteiger partial charge in [-0.25, -0.2) is 13.4 Å². The van der Waals surface area contributed by atoms with Crippen molar-refractivity contribution in [2.45, 2.75) is 25.7 Å². The molecule has 0 aliphatic heterocycles. The van der Waals surface area contributed by atoms with Crippen LogP contribution < -0.4 is 5.32 Å².